The number of carbonyl (C=O) groups excluding carboxylic acids is 2. The molecule has 0 aromatic heterocycles. The SMILES string of the molecule is CCCCOC1CCCN1C(=O)C(=O)C1CCCCC1. The van der Waals surface area contributed by atoms with E-state index in [0.717, 1.165) is 51.4 Å². The number of likely N-dealkylation sites (tertiary alicyclic amines) is 1. The van der Waals surface area contributed by atoms with Crippen LogP contribution in [0.15, 0.2) is 0 Å². The summed E-state index contributed by atoms with van der Waals surface area (Å²) in [4.78, 5) is 26.4. The molecule has 1 amide bonds. The van der Waals surface area contributed by atoms with E-state index >= 15 is 0 Å². The van der Waals surface area contributed by atoms with Gasteiger partial charge in [0.05, 0.1) is 0 Å². The van der Waals surface area contributed by atoms with Gasteiger partial charge in [0.1, 0.15) is 6.23 Å². The predicted octanol–water partition coefficient (Wildman–Crippen LogP) is 2.90. The molecule has 0 aromatic carbocycles. The van der Waals surface area contributed by atoms with E-state index in [9.17, 15) is 9.59 Å². The van der Waals surface area contributed by atoms with Crippen molar-refractivity contribution in [3.63, 3.8) is 0 Å². The molecule has 4 nitrogen and oxygen atoms in total. The largest absolute Gasteiger partial charge is 0.358 e. The molecule has 0 N–H and O–H groups in total. The van der Waals surface area contributed by atoms with E-state index in [1.165, 1.54) is 6.42 Å². The van der Waals surface area contributed by atoms with Crippen LogP contribution >= 0.6 is 0 Å². The lowest BCUT2D eigenvalue weighted by atomic mass is 9.86. The molecule has 114 valence electrons. The smallest absolute Gasteiger partial charge is 0.292 e. The second-order valence-electron chi connectivity index (χ2n) is 6.02. The Morgan fingerprint density at radius 3 is 2.55 bits per heavy atom. The Bertz CT molecular complexity index is 337. The summed E-state index contributed by atoms with van der Waals surface area (Å²) in [5.74, 6) is -0.500. The highest BCUT2D eigenvalue weighted by molar-refractivity contribution is 6.36. The van der Waals surface area contributed by atoms with Crippen molar-refractivity contribution in [2.45, 2.75) is 70.9 Å². The molecule has 1 unspecified atom stereocenters. The van der Waals surface area contributed by atoms with E-state index in [0.29, 0.717) is 13.2 Å². The zero-order valence-corrected chi connectivity index (χ0v) is 12.6. The molecule has 0 bridgehead atoms. The van der Waals surface area contributed by atoms with Crippen LogP contribution in [0.4, 0.5) is 0 Å². The minimum Gasteiger partial charge on any atom is -0.358 e. The van der Waals surface area contributed by atoms with Crippen molar-refractivity contribution in [2.75, 3.05) is 13.2 Å². The lowest BCUT2D eigenvalue weighted by Crippen LogP contribution is -2.43. The number of amides is 1. The molecule has 1 aliphatic heterocycles. The van der Waals surface area contributed by atoms with E-state index in [-0.39, 0.29) is 23.8 Å². The first-order valence-electron chi connectivity index (χ1n) is 8.20. The Kier molecular flexibility index (Phi) is 6.02. The molecule has 1 heterocycles. The summed E-state index contributed by atoms with van der Waals surface area (Å²) in [5.41, 5.74) is 0. The van der Waals surface area contributed by atoms with Gasteiger partial charge in [-0.05, 0) is 32.1 Å². The van der Waals surface area contributed by atoms with Gasteiger partial charge in [-0.25, -0.2) is 0 Å². The van der Waals surface area contributed by atoms with Gasteiger partial charge < -0.3 is 9.64 Å². The minimum absolute atomic E-state index is 0.0341. The van der Waals surface area contributed by atoms with Crippen LogP contribution in [0.5, 0.6) is 0 Å². The van der Waals surface area contributed by atoms with E-state index < -0.39 is 0 Å². The van der Waals surface area contributed by atoms with Crippen LogP contribution in [0.2, 0.25) is 0 Å². The summed E-state index contributed by atoms with van der Waals surface area (Å²) in [6, 6.07) is 0. The fourth-order valence-corrected chi connectivity index (χ4v) is 3.19. The predicted molar refractivity (Wildman–Crippen MR) is 77.2 cm³/mol. The summed E-state index contributed by atoms with van der Waals surface area (Å²) >= 11 is 0. The quantitative estimate of drug-likeness (QED) is 0.555. The van der Waals surface area contributed by atoms with Crippen molar-refractivity contribution >= 4 is 11.7 Å². The van der Waals surface area contributed by atoms with E-state index in [4.69, 9.17) is 4.74 Å². The number of rotatable bonds is 6. The van der Waals surface area contributed by atoms with Crippen LogP contribution in [0.3, 0.4) is 0 Å². The highest BCUT2D eigenvalue weighted by atomic mass is 16.5. The number of carbonyl (C=O) groups is 2. The van der Waals surface area contributed by atoms with Gasteiger partial charge in [0.2, 0.25) is 5.78 Å². The first kappa shape index (κ1) is 15.5. The molecule has 20 heavy (non-hydrogen) atoms. The van der Waals surface area contributed by atoms with Gasteiger partial charge in [0.25, 0.3) is 5.91 Å². The molecule has 4 heteroatoms. The molecule has 2 aliphatic rings. The van der Waals surface area contributed by atoms with Crippen LogP contribution in [-0.4, -0.2) is 36.0 Å². The van der Waals surface area contributed by atoms with Crippen LogP contribution in [0.25, 0.3) is 0 Å². The maximum absolute atomic E-state index is 12.4. The molecule has 2 fully saturated rings. The maximum Gasteiger partial charge on any atom is 0.292 e. The Hall–Kier alpha value is -0.900. The molecule has 0 spiro atoms. The zero-order valence-electron chi connectivity index (χ0n) is 12.6. The summed E-state index contributed by atoms with van der Waals surface area (Å²) in [7, 11) is 0. The summed E-state index contributed by atoms with van der Waals surface area (Å²) < 4.78 is 5.77. The van der Waals surface area contributed by atoms with Crippen LogP contribution < -0.4 is 0 Å². The Morgan fingerprint density at radius 2 is 1.85 bits per heavy atom. The van der Waals surface area contributed by atoms with Crippen LogP contribution in [-0.2, 0) is 14.3 Å². The first-order valence-corrected chi connectivity index (χ1v) is 8.20. The van der Waals surface area contributed by atoms with Gasteiger partial charge in [0.15, 0.2) is 0 Å². The number of ether oxygens (including phenoxy) is 1. The van der Waals surface area contributed by atoms with Gasteiger partial charge in [-0.3, -0.25) is 9.59 Å². The van der Waals surface area contributed by atoms with Gasteiger partial charge in [-0.1, -0.05) is 32.6 Å². The fraction of sp³-hybridized carbons (Fsp3) is 0.875. The monoisotopic (exact) mass is 281 g/mol. The number of unbranched alkanes of at least 4 members (excludes halogenated alkanes) is 1. The second kappa shape index (κ2) is 7.77. The van der Waals surface area contributed by atoms with E-state index in [1.54, 1.807) is 4.90 Å². The van der Waals surface area contributed by atoms with Gasteiger partial charge in [0, 0.05) is 19.1 Å². The van der Waals surface area contributed by atoms with E-state index in [2.05, 4.69) is 6.92 Å². The number of nitrogens with zero attached hydrogens (tertiary/aromatic N) is 1. The van der Waals surface area contributed by atoms with Gasteiger partial charge in [-0.15, -0.1) is 0 Å². The lowest BCUT2D eigenvalue weighted by Gasteiger charge is -2.27. The van der Waals surface area contributed by atoms with Crippen LogP contribution in [0, 0.1) is 5.92 Å². The molecule has 1 aliphatic carbocycles. The molecular weight excluding hydrogens is 254 g/mol. The average molecular weight is 281 g/mol. The third-order valence-corrected chi connectivity index (χ3v) is 4.45. The standard InChI is InChI=1S/C16H27NO3/c1-2-3-12-20-14-10-7-11-17(14)16(19)15(18)13-8-5-4-6-9-13/h13-14H,2-12H2,1H3. The second-order valence-corrected chi connectivity index (χ2v) is 6.02. The summed E-state index contributed by atoms with van der Waals surface area (Å²) in [6.45, 7) is 3.48. The maximum atomic E-state index is 12.4. The van der Waals surface area contributed by atoms with E-state index in [1.807, 2.05) is 0 Å². The third-order valence-electron chi connectivity index (χ3n) is 4.45. The Balaban J connectivity index is 1.87. The fourth-order valence-electron chi connectivity index (χ4n) is 3.19. The zero-order chi connectivity index (χ0) is 14.4. The van der Waals surface area contributed by atoms with Gasteiger partial charge >= 0.3 is 0 Å². The third kappa shape index (κ3) is 3.81. The Labute approximate surface area is 121 Å². The van der Waals surface area contributed by atoms with Crippen molar-refractivity contribution in [1.82, 2.24) is 4.90 Å². The Morgan fingerprint density at radius 1 is 1.10 bits per heavy atom. The highest BCUT2D eigenvalue weighted by Crippen LogP contribution is 2.27. The van der Waals surface area contributed by atoms with Crippen molar-refractivity contribution in [1.29, 1.82) is 0 Å². The molecule has 1 saturated heterocycles. The van der Waals surface area contributed by atoms with Crippen molar-refractivity contribution in [2.24, 2.45) is 5.92 Å². The number of Topliss-reactive ketones (excluding diaryl/α,β-unsaturated/α-hetero) is 1. The first-order chi connectivity index (χ1) is 9.74. The van der Waals surface area contributed by atoms with Gasteiger partial charge in [-0.2, -0.15) is 0 Å². The summed E-state index contributed by atoms with van der Waals surface area (Å²) in [6.07, 6.45) is 8.89. The molecule has 1 saturated carbocycles. The van der Waals surface area contributed by atoms with Crippen molar-refractivity contribution in [3.05, 3.63) is 0 Å². The normalized spacial score (nSPS) is 24.1. The molecule has 2 rings (SSSR count). The van der Waals surface area contributed by atoms with Crippen LogP contribution in [0.1, 0.15) is 64.7 Å². The molecular formula is C16H27NO3. The highest BCUT2D eigenvalue weighted by Gasteiger charge is 2.36. The summed E-state index contributed by atoms with van der Waals surface area (Å²) in [5, 5.41) is 0. The average Bonchev–Trinajstić information content (AvgIpc) is 2.95. The molecule has 1 atom stereocenters. The topological polar surface area (TPSA) is 46.6 Å². The van der Waals surface area contributed by atoms with Crippen molar-refractivity contribution in [3.8, 4) is 0 Å². The molecule has 0 radical (unpaired) electrons. The number of ketones is 1. The lowest BCUT2D eigenvalue weighted by molar-refractivity contribution is -0.154. The minimum atomic E-state index is -0.295. The van der Waals surface area contributed by atoms with Crippen molar-refractivity contribution < 1.29 is 14.3 Å². The number of hydrogen-bond acceptors (Lipinski definition) is 3. The number of hydrogen-bond donors (Lipinski definition) is 0. The molecule has 0 aromatic rings.